The van der Waals surface area contributed by atoms with Crippen LogP contribution in [-0.2, 0) is 33.0 Å². The molecule has 1 spiro atoms. The topological polar surface area (TPSA) is 136 Å². The van der Waals surface area contributed by atoms with Crippen molar-refractivity contribution in [2.45, 2.75) is 56.9 Å². The molecule has 4 heterocycles. The summed E-state index contributed by atoms with van der Waals surface area (Å²) in [5.74, 6) is -6.98. The van der Waals surface area contributed by atoms with Crippen molar-refractivity contribution in [3.05, 3.63) is 64.7 Å². The molecule has 0 amide bonds. The van der Waals surface area contributed by atoms with Crippen LogP contribution in [0.4, 0.5) is 39.5 Å². The molecule has 0 saturated carbocycles. The fourth-order valence-electron chi connectivity index (χ4n) is 5.11. The van der Waals surface area contributed by atoms with Gasteiger partial charge in [0, 0.05) is 32.7 Å². The number of carbonyl (C=O) groups is 3. The lowest BCUT2D eigenvalue weighted by molar-refractivity contribution is -0.193. The Kier molecular flexibility index (Phi) is 14.2. The average molecular weight is 735 g/mol. The number of fused-ring (bicyclic) bond motifs is 2. The number of carboxylic acids is 3. The summed E-state index contributed by atoms with van der Waals surface area (Å²) in [5.41, 5.74) is 4.08. The molecule has 0 unspecified atom stereocenters. The van der Waals surface area contributed by atoms with E-state index in [1.807, 2.05) is 0 Å². The Morgan fingerprint density at radius 1 is 0.796 bits per heavy atom. The van der Waals surface area contributed by atoms with Crippen molar-refractivity contribution in [1.82, 2.24) is 19.4 Å². The first-order valence-corrected chi connectivity index (χ1v) is 15.1. The van der Waals surface area contributed by atoms with Crippen LogP contribution in [0.1, 0.15) is 31.2 Å². The van der Waals surface area contributed by atoms with Gasteiger partial charge in [-0.25, -0.2) is 19.4 Å². The van der Waals surface area contributed by atoms with Crippen LogP contribution >= 0.6 is 11.3 Å². The monoisotopic (exact) mass is 734 g/mol. The van der Waals surface area contributed by atoms with Crippen molar-refractivity contribution < 1.29 is 69.2 Å². The van der Waals surface area contributed by atoms with Crippen molar-refractivity contribution in [2.75, 3.05) is 26.2 Å². The fraction of sp³-hybridized carbons (Fsp3) is 0.448. The Balaban J connectivity index is 0.000000325. The van der Waals surface area contributed by atoms with Crippen LogP contribution in [0.25, 0.3) is 11.3 Å². The Morgan fingerprint density at radius 2 is 1.29 bits per heavy atom. The number of likely N-dealkylation sites (N-methyl/N-ethyl adjacent to an activating group) is 1. The summed E-state index contributed by atoms with van der Waals surface area (Å²) < 4.78 is 97.7. The van der Waals surface area contributed by atoms with Gasteiger partial charge in [0.15, 0.2) is 0 Å². The molecule has 2 aromatic heterocycles. The Morgan fingerprint density at radius 3 is 1.69 bits per heavy atom. The standard InChI is InChI=1S/C23H28N4S.3C2HF3O2/c1-2-26-13-14-27-21(20-6-4-3-5-7-20)16-24-22(27)23(26)9-11-25(12-10-23)17-19-8-15-28-18-19;3*3-2(4,5)1(6)7/h3-8,15-16,18H,2,9-14,17H2,1H3;3*(H,6,7). The van der Waals surface area contributed by atoms with Crippen LogP contribution in [-0.4, -0.2) is 97.3 Å². The summed E-state index contributed by atoms with van der Waals surface area (Å²) >= 11 is 1.80. The molecule has 1 fully saturated rings. The van der Waals surface area contributed by atoms with E-state index in [0.29, 0.717) is 0 Å². The number of aliphatic carboxylic acids is 3. The van der Waals surface area contributed by atoms with Crippen LogP contribution in [0.15, 0.2) is 53.4 Å². The number of benzene rings is 1. The molecular weight excluding hydrogens is 703 g/mol. The highest BCUT2D eigenvalue weighted by molar-refractivity contribution is 7.07. The zero-order valence-corrected chi connectivity index (χ0v) is 26.3. The van der Waals surface area contributed by atoms with E-state index in [2.05, 4.69) is 74.6 Å². The smallest absolute Gasteiger partial charge is 0.475 e. The first-order valence-electron chi connectivity index (χ1n) is 14.1. The highest BCUT2D eigenvalue weighted by Crippen LogP contribution is 2.42. The lowest BCUT2D eigenvalue weighted by atomic mass is 9.83. The molecule has 1 aromatic carbocycles. The van der Waals surface area contributed by atoms with E-state index >= 15 is 0 Å². The van der Waals surface area contributed by atoms with E-state index in [4.69, 9.17) is 34.7 Å². The Hall–Kier alpha value is -4.17. The lowest BCUT2D eigenvalue weighted by Gasteiger charge is -2.50. The van der Waals surface area contributed by atoms with E-state index in [-0.39, 0.29) is 5.54 Å². The molecule has 49 heavy (non-hydrogen) atoms. The molecule has 3 aromatic rings. The number of hydrogen-bond donors (Lipinski definition) is 3. The third kappa shape index (κ3) is 11.7. The minimum atomic E-state index is -5.08. The van der Waals surface area contributed by atoms with Crippen molar-refractivity contribution in [2.24, 2.45) is 0 Å². The second kappa shape index (κ2) is 17.0. The van der Waals surface area contributed by atoms with Crippen molar-refractivity contribution in [3.63, 3.8) is 0 Å². The van der Waals surface area contributed by atoms with Gasteiger partial charge in [0.25, 0.3) is 0 Å². The third-order valence-electron chi connectivity index (χ3n) is 7.32. The molecule has 272 valence electrons. The van der Waals surface area contributed by atoms with Crippen LogP contribution in [0.2, 0.25) is 0 Å². The van der Waals surface area contributed by atoms with E-state index in [1.165, 1.54) is 22.6 Å². The van der Waals surface area contributed by atoms with Gasteiger partial charge in [-0.3, -0.25) is 9.80 Å². The largest absolute Gasteiger partial charge is 0.490 e. The number of thiophene rings is 1. The summed E-state index contributed by atoms with van der Waals surface area (Å²) in [4.78, 5) is 37.0. The zero-order valence-electron chi connectivity index (χ0n) is 25.5. The van der Waals surface area contributed by atoms with Gasteiger partial charge in [-0.15, -0.1) is 0 Å². The molecule has 0 bridgehead atoms. The van der Waals surface area contributed by atoms with E-state index in [9.17, 15) is 39.5 Å². The van der Waals surface area contributed by atoms with Gasteiger partial charge in [-0.2, -0.15) is 50.9 Å². The number of rotatable bonds is 4. The van der Waals surface area contributed by atoms with Gasteiger partial charge >= 0.3 is 36.4 Å². The van der Waals surface area contributed by atoms with E-state index in [0.717, 1.165) is 52.1 Å². The van der Waals surface area contributed by atoms with E-state index in [1.54, 1.807) is 11.3 Å². The average Bonchev–Trinajstić information content (AvgIpc) is 3.69. The Bertz CT molecular complexity index is 1450. The molecular formula is C29H31F9N4O6S. The number of aromatic nitrogens is 2. The summed E-state index contributed by atoms with van der Waals surface area (Å²) in [6.45, 7) is 8.90. The Labute approximate surface area is 277 Å². The number of carboxylic acid groups (broad SMARTS) is 3. The van der Waals surface area contributed by atoms with E-state index < -0.39 is 36.4 Å². The van der Waals surface area contributed by atoms with Crippen LogP contribution in [0, 0.1) is 0 Å². The molecule has 2 aliphatic rings. The fourth-order valence-corrected chi connectivity index (χ4v) is 5.77. The quantitative estimate of drug-likeness (QED) is 0.263. The summed E-state index contributed by atoms with van der Waals surface area (Å²) in [7, 11) is 0. The first-order chi connectivity index (χ1) is 22.6. The van der Waals surface area contributed by atoms with Gasteiger partial charge in [-0.05, 0) is 47.3 Å². The second-order valence-corrected chi connectivity index (χ2v) is 11.2. The molecule has 10 nitrogen and oxygen atoms in total. The molecule has 20 heteroatoms. The van der Waals surface area contributed by atoms with Crippen LogP contribution in [0.5, 0.6) is 0 Å². The number of nitrogens with zero attached hydrogens (tertiary/aromatic N) is 4. The molecule has 1 saturated heterocycles. The maximum Gasteiger partial charge on any atom is 0.490 e. The molecule has 0 radical (unpaired) electrons. The highest BCUT2D eigenvalue weighted by Gasteiger charge is 2.46. The summed E-state index contributed by atoms with van der Waals surface area (Å²) in [6.07, 6.45) is -10.8. The molecule has 2 aliphatic heterocycles. The van der Waals surface area contributed by atoms with Gasteiger partial charge in [-0.1, -0.05) is 37.3 Å². The molecule has 5 rings (SSSR count). The molecule has 3 N–H and O–H groups in total. The van der Waals surface area contributed by atoms with Gasteiger partial charge in [0.05, 0.1) is 17.4 Å². The number of halogens is 9. The number of likely N-dealkylation sites (tertiary alicyclic amines) is 1. The predicted octanol–water partition coefficient (Wildman–Crippen LogP) is 6.34. The highest BCUT2D eigenvalue weighted by atomic mass is 32.1. The van der Waals surface area contributed by atoms with Gasteiger partial charge < -0.3 is 19.9 Å². The van der Waals surface area contributed by atoms with Crippen LogP contribution in [0.3, 0.4) is 0 Å². The second-order valence-electron chi connectivity index (χ2n) is 10.4. The SMILES string of the molecule is CCN1CCn2c(-c3ccccc3)cnc2C12CCN(Cc1ccsc1)CC2.O=C(O)C(F)(F)F.O=C(O)C(F)(F)F.O=C(O)C(F)(F)F. The number of alkyl halides is 9. The molecule has 0 atom stereocenters. The van der Waals surface area contributed by atoms with Gasteiger partial charge in [0.1, 0.15) is 5.82 Å². The van der Waals surface area contributed by atoms with Crippen molar-refractivity contribution in [1.29, 1.82) is 0 Å². The van der Waals surface area contributed by atoms with Gasteiger partial charge in [0.2, 0.25) is 0 Å². The minimum Gasteiger partial charge on any atom is -0.475 e. The first kappa shape index (κ1) is 41.0. The number of hydrogen-bond acceptors (Lipinski definition) is 7. The lowest BCUT2D eigenvalue weighted by Crippen LogP contribution is -2.57. The number of piperidine rings is 1. The summed E-state index contributed by atoms with van der Waals surface area (Å²) in [6, 6.07) is 13.0. The maximum absolute atomic E-state index is 10.6. The van der Waals surface area contributed by atoms with Crippen LogP contribution < -0.4 is 0 Å². The normalized spacial score (nSPS) is 16.1. The summed E-state index contributed by atoms with van der Waals surface area (Å²) in [5, 5.41) is 25.8. The number of imidazole rings is 1. The predicted molar refractivity (Wildman–Crippen MR) is 156 cm³/mol. The molecule has 0 aliphatic carbocycles. The van der Waals surface area contributed by atoms with Crippen molar-refractivity contribution >= 4 is 29.2 Å². The maximum atomic E-state index is 10.6. The zero-order chi connectivity index (χ0) is 37.2. The van der Waals surface area contributed by atoms with Crippen molar-refractivity contribution in [3.8, 4) is 11.3 Å². The third-order valence-corrected chi connectivity index (χ3v) is 8.05. The minimum absolute atomic E-state index is 0.0885.